The van der Waals surface area contributed by atoms with E-state index in [9.17, 15) is 9.59 Å². The molecule has 0 aliphatic heterocycles. The third kappa shape index (κ3) is 13.1. The van der Waals surface area contributed by atoms with Crippen LogP contribution in [0.5, 0.6) is 0 Å². The quantitative estimate of drug-likeness (QED) is 0.720. The van der Waals surface area contributed by atoms with Gasteiger partial charge in [-0.05, 0) is 14.1 Å². The van der Waals surface area contributed by atoms with Gasteiger partial charge in [0.25, 0.3) is 0 Å². The molecule has 0 aromatic carbocycles. The smallest absolute Gasteiger partial charge is 0.220 e. The number of carbonyl (C=O) groups excluding carboxylic acids is 2. The number of rotatable bonds is 7. The summed E-state index contributed by atoms with van der Waals surface area (Å²) in [7, 11) is 3.90. The normalized spacial score (nSPS) is 9.38. The molecule has 0 saturated carbocycles. The van der Waals surface area contributed by atoms with Crippen LogP contribution in [0.1, 0.15) is 40.0 Å². The zero-order valence-corrected chi connectivity index (χ0v) is 11.3. The molecule has 0 bridgehead atoms. The average Bonchev–Trinajstić information content (AvgIpc) is 2.28. The molecule has 1 amide bonds. The van der Waals surface area contributed by atoms with Gasteiger partial charge in [-0.25, -0.2) is 0 Å². The first-order chi connectivity index (χ1) is 7.56. The Hall–Kier alpha value is -0.900. The molecule has 16 heavy (non-hydrogen) atoms. The molecule has 0 spiro atoms. The standard InChI is InChI=1S/C10H20N2O2.C2H6/c1-4-9(13)5-6-10(14)11-7-8-12(2)3;1-2/h4-8H2,1-3H3,(H,11,14);1-2H3. The predicted molar refractivity (Wildman–Crippen MR) is 67.4 cm³/mol. The molecular formula is C12H26N2O2. The molecule has 0 saturated heterocycles. The first-order valence-electron chi connectivity index (χ1n) is 5.99. The van der Waals surface area contributed by atoms with Crippen LogP contribution in [0.4, 0.5) is 0 Å². The molecule has 0 radical (unpaired) electrons. The van der Waals surface area contributed by atoms with E-state index in [4.69, 9.17) is 0 Å². The van der Waals surface area contributed by atoms with Crippen LogP contribution in [0.15, 0.2) is 0 Å². The van der Waals surface area contributed by atoms with Gasteiger partial charge in [0.1, 0.15) is 5.78 Å². The Morgan fingerprint density at radius 3 is 2.12 bits per heavy atom. The van der Waals surface area contributed by atoms with E-state index in [1.165, 1.54) is 0 Å². The number of Topliss-reactive ketones (excluding diaryl/α,β-unsaturated/α-hetero) is 1. The Morgan fingerprint density at radius 1 is 1.12 bits per heavy atom. The molecule has 0 aromatic heterocycles. The molecule has 0 aromatic rings. The summed E-state index contributed by atoms with van der Waals surface area (Å²) in [5.41, 5.74) is 0. The number of carbonyl (C=O) groups is 2. The van der Waals surface area contributed by atoms with Gasteiger partial charge in [0.2, 0.25) is 5.91 Å². The van der Waals surface area contributed by atoms with Gasteiger partial charge in [0.15, 0.2) is 0 Å². The second kappa shape index (κ2) is 12.2. The van der Waals surface area contributed by atoms with Gasteiger partial charge in [0, 0.05) is 32.4 Å². The van der Waals surface area contributed by atoms with Crippen LogP contribution in [-0.4, -0.2) is 43.8 Å². The number of hydrogen-bond donors (Lipinski definition) is 1. The van der Waals surface area contributed by atoms with Gasteiger partial charge in [-0.15, -0.1) is 0 Å². The fourth-order valence-electron chi connectivity index (χ4n) is 0.937. The van der Waals surface area contributed by atoms with E-state index >= 15 is 0 Å². The van der Waals surface area contributed by atoms with Crippen LogP contribution in [0, 0.1) is 0 Å². The highest BCUT2D eigenvalue weighted by molar-refractivity contribution is 5.84. The highest BCUT2D eigenvalue weighted by Crippen LogP contribution is 1.93. The van der Waals surface area contributed by atoms with Gasteiger partial charge < -0.3 is 10.2 Å². The number of ketones is 1. The van der Waals surface area contributed by atoms with E-state index in [0.717, 1.165) is 6.54 Å². The summed E-state index contributed by atoms with van der Waals surface area (Å²) in [6.45, 7) is 7.28. The highest BCUT2D eigenvalue weighted by atomic mass is 16.2. The molecule has 4 heteroatoms. The third-order valence-corrected chi connectivity index (χ3v) is 1.91. The molecule has 1 N–H and O–H groups in total. The molecule has 96 valence electrons. The van der Waals surface area contributed by atoms with E-state index in [1.54, 1.807) is 0 Å². The van der Waals surface area contributed by atoms with Gasteiger partial charge in [-0.2, -0.15) is 0 Å². The highest BCUT2D eigenvalue weighted by Gasteiger charge is 2.04. The van der Waals surface area contributed by atoms with E-state index in [1.807, 2.05) is 39.8 Å². The first-order valence-corrected chi connectivity index (χ1v) is 5.99. The number of hydrogen-bond acceptors (Lipinski definition) is 3. The number of likely N-dealkylation sites (N-methyl/N-ethyl adjacent to an activating group) is 1. The summed E-state index contributed by atoms with van der Waals surface area (Å²) in [6, 6.07) is 0. The van der Waals surface area contributed by atoms with Crippen molar-refractivity contribution in [3.8, 4) is 0 Å². The number of amides is 1. The summed E-state index contributed by atoms with van der Waals surface area (Å²) >= 11 is 0. The maximum Gasteiger partial charge on any atom is 0.220 e. The molecule has 4 nitrogen and oxygen atoms in total. The maximum absolute atomic E-state index is 11.2. The summed E-state index contributed by atoms with van der Waals surface area (Å²) in [6.07, 6.45) is 1.20. The van der Waals surface area contributed by atoms with Crippen molar-refractivity contribution in [2.24, 2.45) is 0 Å². The zero-order chi connectivity index (χ0) is 13.0. The molecule has 0 rings (SSSR count). The van der Waals surface area contributed by atoms with Crippen LogP contribution >= 0.6 is 0 Å². The second-order valence-electron chi connectivity index (χ2n) is 3.55. The summed E-state index contributed by atoms with van der Waals surface area (Å²) in [4.78, 5) is 24.1. The Labute approximate surface area is 99.4 Å². The van der Waals surface area contributed by atoms with E-state index < -0.39 is 0 Å². The molecule has 0 aliphatic rings. The molecule has 0 aliphatic carbocycles. The SMILES string of the molecule is CC.CCC(=O)CCC(=O)NCCN(C)C. The maximum atomic E-state index is 11.2. The lowest BCUT2D eigenvalue weighted by Crippen LogP contribution is -2.31. The van der Waals surface area contributed by atoms with Crippen molar-refractivity contribution >= 4 is 11.7 Å². The van der Waals surface area contributed by atoms with E-state index in [0.29, 0.717) is 25.8 Å². The Kier molecular flexibility index (Phi) is 13.3. The fraction of sp³-hybridized carbons (Fsp3) is 0.833. The largest absolute Gasteiger partial charge is 0.355 e. The van der Waals surface area contributed by atoms with Crippen LogP contribution in [0.3, 0.4) is 0 Å². The van der Waals surface area contributed by atoms with Crippen molar-refractivity contribution in [2.75, 3.05) is 27.2 Å². The summed E-state index contributed by atoms with van der Waals surface area (Å²) in [5.74, 6) is 0.112. The molecular weight excluding hydrogens is 204 g/mol. The summed E-state index contributed by atoms with van der Waals surface area (Å²) < 4.78 is 0. The average molecular weight is 230 g/mol. The van der Waals surface area contributed by atoms with Crippen molar-refractivity contribution in [1.29, 1.82) is 0 Å². The minimum absolute atomic E-state index is 0.0337. The second-order valence-corrected chi connectivity index (χ2v) is 3.55. The molecule has 0 fully saturated rings. The lowest BCUT2D eigenvalue weighted by Gasteiger charge is -2.09. The number of nitrogens with zero attached hydrogens (tertiary/aromatic N) is 1. The van der Waals surface area contributed by atoms with E-state index in [-0.39, 0.29) is 11.7 Å². The van der Waals surface area contributed by atoms with Crippen molar-refractivity contribution in [2.45, 2.75) is 40.0 Å². The monoisotopic (exact) mass is 230 g/mol. The Morgan fingerprint density at radius 2 is 1.69 bits per heavy atom. The van der Waals surface area contributed by atoms with Crippen LogP contribution in [-0.2, 0) is 9.59 Å². The summed E-state index contributed by atoms with van der Waals surface area (Å²) in [5, 5.41) is 2.76. The Balaban J connectivity index is 0. The lowest BCUT2D eigenvalue weighted by atomic mass is 10.2. The fourth-order valence-corrected chi connectivity index (χ4v) is 0.937. The third-order valence-electron chi connectivity index (χ3n) is 1.91. The lowest BCUT2D eigenvalue weighted by molar-refractivity contribution is -0.125. The van der Waals surface area contributed by atoms with Gasteiger partial charge in [-0.3, -0.25) is 9.59 Å². The first kappa shape index (κ1) is 17.5. The van der Waals surface area contributed by atoms with Crippen molar-refractivity contribution < 1.29 is 9.59 Å². The minimum Gasteiger partial charge on any atom is -0.355 e. The van der Waals surface area contributed by atoms with Gasteiger partial charge in [0.05, 0.1) is 0 Å². The molecule has 0 unspecified atom stereocenters. The zero-order valence-electron chi connectivity index (χ0n) is 11.3. The van der Waals surface area contributed by atoms with Crippen molar-refractivity contribution in [3.05, 3.63) is 0 Å². The van der Waals surface area contributed by atoms with Gasteiger partial charge in [-0.1, -0.05) is 20.8 Å². The predicted octanol–water partition coefficient (Wildman–Crippen LogP) is 1.45. The topological polar surface area (TPSA) is 49.4 Å². The molecule has 0 heterocycles. The van der Waals surface area contributed by atoms with E-state index in [2.05, 4.69) is 5.32 Å². The van der Waals surface area contributed by atoms with Gasteiger partial charge >= 0.3 is 0 Å². The Bertz CT molecular complexity index is 191. The van der Waals surface area contributed by atoms with Crippen molar-refractivity contribution in [3.63, 3.8) is 0 Å². The van der Waals surface area contributed by atoms with Crippen LogP contribution in [0.2, 0.25) is 0 Å². The minimum atomic E-state index is -0.0337. The van der Waals surface area contributed by atoms with Crippen LogP contribution in [0.25, 0.3) is 0 Å². The molecule has 0 atom stereocenters. The van der Waals surface area contributed by atoms with Crippen molar-refractivity contribution in [1.82, 2.24) is 10.2 Å². The van der Waals surface area contributed by atoms with Crippen LogP contribution < -0.4 is 5.32 Å². The number of nitrogens with one attached hydrogen (secondary N) is 1.